The monoisotopic (exact) mass is 519 g/mol. The summed E-state index contributed by atoms with van der Waals surface area (Å²) in [4.78, 5) is 11.2. The van der Waals surface area contributed by atoms with E-state index < -0.39 is 0 Å². The predicted octanol–water partition coefficient (Wildman–Crippen LogP) is 3.63. The molecule has 3 aromatic rings. The lowest BCUT2D eigenvalue weighted by molar-refractivity contribution is 0.0751. The van der Waals surface area contributed by atoms with Gasteiger partial charge in [-0.25, -0.2) is 0 Å². The van der Waals surface area contributed by atoms with Gasteiger partial charge in [-0.2, -0.15) is 0 Å². The van der Waals surface area contributed by atoms with E-state index in [0.29, 0.717) is 68.6 Å². The predicted molar refractivity (Wildman–Crippen MR) is 146 cm³/mol. The summed E-state index contributed by atoms with van der Waals surface area (Å²) < 4.78 is 16.9. The first-order valence-corrected chi connectivity index (χ1v) is 12.6. The summed E-state index contributed by atoms with van der Waals surface area (Å²) in [6, 6.07) is 17.8. The number of hydrogen-bond acceptors (Lipinski definition) is 9. The maximum atomic E-state index is 10.6. The Labute approximate surface area is 222 Å². The largest absolute Gasteiger partial charge is 0.508 e. The van der Waals surface area contributed by atoms with Crippen LogP contribution in [0.5, 0.6) is 28.7 Å². The fourth-order valence-electron chi connectivity index (χ4n) is 3.92. The molecule has 0 aromatic heterocycles. The fraction of sp³-hybridized carbons (Fsp3) is 0.310. The molecule has 0 radical (unpaired) electrons. The molecule has 9 nitrogen and oxygen atoms in total. The number of aliphatic imine (C=N–C) groups is 2. The van der Waals surface area contributed by atoms with Crippen molar-refractivity contribution in [2.24, 2.45) is 9.98 Å². The van der Waals surface area contributed by atoms with Crippen molar-refractivity contribution in [2.75, 3.05) is 52.6 Å². The van der Waals surface area contributed by atoms with E-state index in [-0.39, 0.29) is 30.5 Å². The quantitative estimate of drug-likeness (QED) is 0.473. The molecular weight excluding hydrogens is 486 g/mol. The Morgan fingerprint density at radius 1 is 0.658 bits per heavy atom. The number of para-hydroxylation sites is 3. The molecule has 38 heavy (non-hydrogen) atoms. The number of ether oxygens (including phenoxy) is 3. The third-order valence-electron chi connectivity index (χ3n) is 5.97. The lowest BCUT2D eigenvalue weighted by Gasteiger charge is -2.21. The highest BCUT2D eigenvalue weighted by atomic mass is 16.5. The molecule has 1 aliphatic heterocycles. The van der Waals surface area contributed by atoms with Crippen LogP contribution in [0.25, 0.3) is 0 Å². The van der Waals surface area contributed by atoms with Crippen LogP contribution in [0.3, 0.4) is 0 Å². The van der Waals surface area contributed by atoms with Crippen molar-refractivity contribution >= 4 is 12.4 Å². The standard InChI is InChI=1S/C29H33N3O6/c33-25-8-2-1-5-24(25)21-32-13-11-30-19-22-6-3-9-26(28(22)34)37-17-15-36-16-18-38-27-10-4-7-23(29(27)35)20-31-12-14-32/h1-10,19-20,33-35H,11-18,21H2. The highest BCUT2D eigenvalue weighted by Crippen LogP contribution is 2.29. The van der Waals surface area contributed by atoms with Gasteiger partial charge in [0.2, 0.25) is 0 Å². The van der Waals surface area contributed by atoms with Crippen molar-refractivity contribution in [2.45, 2.75) is 6.54 Å². The zero-order valence-electron chi connectivity index (χ0n) is 21.2. The molecular formula is C29H33N3O6. The number of benzene rings is 3. The Balaban J connectivity index is 1.51. The van der Waals surface area contributed by atoms with Crippen LogP contribution < -0.4 is 9.47 Å². The lowest BCUT2D eigenvalue weighted by Crippen LogP contribution is -2.28. The van der Waals surface area contributed by atoms with Gasteiger partial charge in [-0.3, -0.25) is 14.9 Å². The van der Waals surface area contributed by atoms with Crippen molar-refractivity contribution < 1.29 is 29.5 Å². The van der Waals surface area contributed by atoms with Crippen molar-refractivity contribution in [3.05, 3.63) is 77.4 Å². The van der Waals surface area contributed by atoms with Crippen molar-refractivity contribution in [1.29, 1.82) is 0 Å². The van der Waals surface area contributed by atoms with Gasteiger partial charge in [0.05, 0.1) is 26.3 Å². The first-order chi connectivity index (χ1) is 18.6. The van der Waals surface area contributed by atoms with E-state index in [9.17, 15) is 15.3 Å². The van der Waals surface area contributed by atoms with E-state index in [1.165, 1.54) is 0 Å². The lowest BCUT2D eigenvalue weighted by atomic mass is 10.2. The number of rotatable bonds is 2. The molecule has 0 atom stereocenters. The molecule has 0 saturated carbocycles. The molecule has 0 spiro atoms. The summed E-state index contributed by atoms with van der Waals surface area (Å²) in [5.41, 5.74) is 1.95. The average Bonchev–Trinajstić information content (AvgIpc) is 2.92. The second kappa shape index (κ2) is 14.0. The van der Waals surface area contributed by atoms with E-state index >= 15 is 0 Å². The first-order valence-electron chi connectivity index (χ1n) is 12.6. The molecule has 9 heteroatoms. The molecule has 4 rings (SSSR count). The van der Waals surface area contributed by atoms with E-state index in [2.05, 4.69) is 14.9 Å². The Kier molecular flexibility index (Phi) is 9.95. The Bertz CT molecular complexity index is 1180. The van der Waals surface area contributed by atoms with Crippen LogP contribution in [0, 0.1) is 0 Å². The van der Waals surface area contributed by atoms with Gasteiger partial charge in [0, 0.05) is 48.8 Å². The first kappa shape index (κ1) is 27.0. The van der Waals surface area contributed by atoms with Crippen LogP contribution in [0.1, 0.15) is 16.7 Å². The SMILES string of the molecule is Oc1ccccc1CN1CCN=Cc2cccc(c2O)OCCOCCOc2cccc(c2O)C=NCC1. The minimum Gasteiger partial charge on any atom is -0.508 e. The third kappa shape index (κ3) is 7.71. The average molecular weight is 520 g/mol. The van der Waals surface area contributed by atoms with Crippen LogP contribution in [0.2, 0.25) is 0 Å². The van der Waals surface area contributed by atoms with Crippen LogP contribution >= 0.6 is 0 Å². The molecule has 0 amide bonds. The van der Waals surface area contributed by atoms with Crippen LogP contribution in [-0.4, -0.2) is 85.3 Å². The summed E-state index contributed by atoms with van der Waals surface area (Å²) in [6.45, 7) is 3.86. The van der Waals surface area contributed by atoms with Crippen LogP contribution in [-0.2, 0) is 11.3 Å². The van der Waals surface area contributed by atoms with Gasteiger partial charge in [-0.15, -0.1) is 0 Å². The smallest absolute Gasteiger partial charge is 0.166 e. The summed E-state index contributed by atoms with van der Waals surface area (Å²) in [5.74, 6) is 1.01. The maximum Gasteiger partial charge on any atom is 0.166 e. The third-order valence-corrected chi connectivity index (χ3v) is 5.97. The molecule has 0 saturated heterocycles. The van der Waals surface area contributed by atoms with Crippen molar-refractivity contribution in [1.82, 2.24) is 4.90 Å². The van der Waals surface area contributed by atoms with E-state index in [1.54, 1.807) is 61.0 Å². The van der Waals surface area contributed by atoms with Crippen LogP contribution in [0.4, 0.5) is 0 Å². The highest BCUT2D eigenvalue weighted by molar-refractivity contribution is 5.85. The number of fused-ring (bicyclic) bond motifs is 4. The number of phenols is 3. The van der Waals surface area contributed by atoms with Gasteiger partial charge in [-0.1, -0.05) is 30.3 Å². The zero-order valence-corrected chi connectivity index (χ0v) is 21.2. The summed E-state index contributed by atoms with van der Waals surface area (Å²) in [6.07, 6.45) is 3.27. The van der Waals surface area contributed by atoms with Gasteiger partial charge in [0.15, 0.2) is 23.0 Å². The summed E-state index contributed by atoms with van der Waals surface area (Å²) in [5, 5.41) is 31.4. The number of nitrogens with zero attached hydrogens (tertiary/aromatic N) is 3. The molecule has 1 heterocycles. The molecule has 200 valence electrons. The topological polar surface area (TPSA) is 116 Å². The van der Waals surface area contributed by atoms with Gasteiger partial charge >= 0.3 is 0 Å². The normalized spacial score (nSPS) is 16.0. The molecule has 4 bridgehead atoms. The minimum atomic E-state index is 0.0254. The molecule has 0 aliphatic carbocycles. The van der Waals surface area contributed by atoms with Gasteiger partial charge in [0.1, 0.15) is 19.0 Å². The molecule has 1 aliphatic rings. The second-order valence-electron chi connectivity index (χ2n) is 8.67. The van der Waals surface area contributed by atoms with Crippen LogP contribution in [0.15, 0.2) is 70.6 Å². The van der Waals surface area contributed by atoms with Crippen molar-refractivity contribution in [3.8, 4) is 28.7 Å². The second-order valence-corrected chi connectivity index (χ2v) is 8.67. The Morgan fingerprint density at radius 3 is 1.76 bits per heavy atom. The molecule has 0 unspecified atom stereocenters. The van der Waals surface area contributed by atoms with Gasteiger partial charge < -0.3 is 29.5 Å². The Hall–Kier alpha value is -4.08. The van der Waals surface area contributed by atoms with E-state index in [0.717, 1.165) is 5.56 Å². The van der Waals surface area contributed by atoms with Crippen molar-refractivity contribution in [3.63, 3.8) is 0 Å². The zero-order chi connectivity index (χ0) is 26.6. The fourth-order valence-corrected chi connectivity index (χ4v) is 3.92. The molecule has 3 N–H and O–H groups in total. The van der Waals surface area contributed by atoms with Gasteiger partial charge in [0.25, 0.3) is 0 Å². The van der Waals surface area contributed by atoms with E-state index in [4.69, 9.17) is 14.2 Å². The number of aromatic hydroxyl groups is 3. The summed E-state index contributed by atoms with van der Waals surface area (Å²) >= 11 is 0. The highest BCUT2D eigenvalue weighted by Gasteiger charge is 2.11. The maximum absolute atomic E-state index is 10.6. The van der Waals surface area contributed by atoms with Gasteiger partial charge in [-0.05, 0) is 30.3 Å². The minimum absolute atomic E-state index is 0.0254. The summed E-state index contributed by atoms with van der Waals surface area (Å²) in [7, 11) is 0. The number of phenolic OH excluding ortho intramolecular Hbond substituents is 3. The van der Waals surface area contributed by atoms with E-state index in [1.807, 2.05) is 12.1 Å². The molecule has 0 fully saturated rings. The Morgan fingerprint density at radius 2 is 1.21 bits per heavy atom. The number of hydrogen-bond donors (Lipinski definition) is 3. The molecule has 3 aromatic carbocycles.